The molecule has 0 aromatic heterocycles. The van der Waals surface area contributed by atoms with E-state index in [1.54, 1.807) is 30.3 Å². The summed E-state index contributed by atoms with van der Waals surface area (Å²) < 4.78 is 59.4. The highest BCUT2D eigenvalue weighted by Crippen LogP contribution is 2.22. The van der Waals surface area contributed by atoms with Gasteiger partial charge in [0.05, 0.1) is 24.2 Å². The highest BCUT2D eigenvalue weighted by atomic mass is 32.2. The number of rotatable bonds is 8. The maximum absolute atomic E-state index is 13.9. The van der Waals surface area contributed by atoms with Crippen LogP contribution in [0.4, 0.5) is 14.5 Å². The van der Waals surface area contributed by atoms with Crippen LogP contribution in [0.25, 0.3) is 0 Å². The summed E-state index contributed by atoms with van der Waals surface area (Å²) in [5.41, 5.74) is 0.424. The van der Waals surface area contributed by atoms with E-state index in [0.717, 1.165) is 16.4 Å². The third kappa shape index (κ3) is 5.65. The van der Waals surface area contributed by atoms with E-state index in [1.807, 2.05) is 0 Å². The molecule has 0 bridgehead atoms. The number of nitrogens with one attached hydrogen (secondary N) is 1. The van der Waals surface area contributed by atoms with E-state index in [4.69, 9.17) is 4.74 Å². The number of benzene rings is 3. The lowest BCUT2D eigenvalue weighted by Gasteiger charge is -2.22. The average molecular weight is 446 g/mol. The number of nitrogens with zero attached hydrogens (tertiary/aromatic N) is 1. The van der Waals surface area contributed by atoms with E-state index >= 15 is 0 Å². The van der Waals surface area contributed by atoms with Gasteiger partial charge in [0, 0.05) is 12.6 Å². The zero-order chi connectivity index (χ0) is 22.4. The van der Waals surface area contributed by atoms with E-state index in [0.29, 0.717) is 17.4 Å². The summed E-state index contributed by atoms with van der Waals surface area (Å²) in [5, 5.41) is 2.29. The molecule has 31 heavy (non-hydrogen) atoms. The Labute approximate surface area is 179 Å². The van der Waals surface area contributed by atoms with Gasteiger partial charge in [0.1, 0.15) is 17.4 Å². The predicted molar refractivity (Wildman–Crippen MR) is 112 cm³/mol. The van der Waals surface area contributed by atoms with Gasteiger partial charge in [0.15, 0.2) is 0 Å². The molecule has 0 heterocycles. The number of halogens is 2. The molecule has 3 aromatic rings. The van der Waals surface area contributed by atoms with Crippen LogP contribution >= 0.6 is 0 Å². The smallest absolute Gasteiger partial charge is 0.243 e. The van der Waals surface area contributed by atoms with Gasteiger partial charge in [-0.3, -0.25) is 4.79 Å². The van der Waals surface area contributed by atoms with Crippen LogP contribution in [0.1, 0.15) is 5.56 Å². The minimum atomic E-state index is -4.07. The molecule has 0 aliphatic carbocycles. The Bertz CT molecular complexity index is 1150. The molecule has 0 radical (unpaired) electrons. The normalized spacial score (nSPS) is 11.4. The van der Waals surface area contributed by atoms with Crippen molar-refractivity contribution in [2.75, 3.05) is 19.0 Å². The van der Waals surface area contributed by atoms with E-state index in [-0.39, 0.29) is 17.1 Å². The Hall–Kier alpha value is -3.30. The monoisotopic (exact) mass is 446 g/mol. The fourth-order valence-electron chi connectivity index (χ4n) is 2.85. The van der Waals surface area contributed by atoms with Gasteiger partial charge < -0.3 is 10.1 Å². The molecule has 0 aliphatic heterocycles. The highest BCUT2D eigenvalue weighted by Gasteiger charge is 2.27. The van der Waals surface area contributed by atoms with Crippen molar-refractivity contribution in [2.24, 2.45) is 0 Å². The van der Waals surface area contributed by atoms with E-state index in [1.165, 1.54) is 31.4 Å². The summed E-state index contributed by atoms with van der Waals surface area (Å²) in [6.07, 6.45) is 0. The van der Waals surface area contributed by atoms with Crippen molar-refractivity contribution in [3.8, 4) is 5.75 Å². The second kappa shape index (κ2) is 9.67. The third-order valence-electron chi connectivity index (χ3n) is 4.42. The summed E-state index contributed by atoms with van der Waals surface area (Å²) in [6.45, 7) is -0.644. The standard InChI is InChI=1S/C22H20F2N2O4S/c1-30-18-8-10-19(11-9-18)31(28,29)26(14-16-5-3-2-4-6-16)15-22(27)25-21-12-7-17(23)13-20(21)24/h2-13H,14-15H2,1H3,(H,25,27). The maximum Gasteiger partial charge on any atom is 0.243 e. The molecule has 0 unspecified atom stereocenters. The summed E-state index contributed by atoms with van der Waals surface area (Å²) in [6, 6.07) is 17.2. The molecule has 3 aromatic carbocycles. The van der Waals surface area contributed by atoms with Crippen molar-refractivity contribution in [1.82, 2.24) is 4.31 Å². The largest absolute Gasteiger partial charge is 0.497 e. The topological polar surface area (TPSA) is 75.7 Å². The van der Waals surface area contributed by atoms with Crippen molar-refractivity contribution in [2.45, 2.75) is 11.4 Å². The lowest BCUT2D eigenvalue weighted by atomic mass is 10.2. The first-order valence-corrected chi connectivity index (χ1v) is 10.7. The number of carbonyl (C=O) groups is 1. The summed E-state index contributed by atoms with van der Waals surface area (Å²) in [5.74, 6) is -2.03. The zero-order valence-corrected chi connectivity index (χ0v) is 17.4. The van der Waals surface area contributed by atoms with Crippen LogP contribution < -0.4 is 10.1 Å². The van der Waals surface area contributed by atoms with Gasteiger partial charge in [-0.05, 0) is 42.0 Å². The fourth-order valence-corrected chi connectivity index (χ4v) is 4.23. The second-order valence-electron chi connectivity index (χ2n) is 6.61. The highest BCUT2D eigenvalue weighted by molar-refractivity contribution is 7.89. The van der Waals surface area contributed by atoms with Crippen molar-refractivity contribution in [3.05, 3.63) is 90.0 Å². The number of amides is 1. The van der Waals surface area contributed by atoms with Gasteiger partial charge in [0.2, 0.25) is 15.9 Å². The SMILES string of the molecule is COc1ccc(S(=O)(=O)N(CC(=O)Nc2ccc(F)cc2F)Cc2ccccc2)cc1. The molecule has 9 heteroatoms. The summed E-state index contributed by atoms with van der Waals surface area (Å²) >= 11 is 0. The van der Waals surface area contributed by atoms with Crippen LogP contribution in [0.15, 0.2) is 77.7 Å². The number of sulfonamides is 1. The molecular weight excluding hydrogens is 426 g/mol. The Kier molecular flexibility index (Phi) is 6.98. The van der Waals surface area contributed by atoms with Crippen molar-refractivity contribution in [3.63, 3.8) is 0 Å². The molecule has 0 aliphatic rings. The molecule has 162 valence electrons. The summed E-state index contributed by atoms with van der Waals surface area (Å²) in [7, 11) is -2.60. The molecule has 0 saturated carbocycles. The summed E-state index contributed by atoms with van der Waals surface area (Å²) in [4.78, 5) is 12.5. The molecule has 0 saturated heterocycles. The molecule has 1 N–H and O–H groups in total. The van der Waals surface area contributed by atoms with Gasteiger partial charge in [-0.25, -0.2) is 17.2 Å². The lowest BCUT2D eigenvalue weighted by Crippen LogP contribution is -2.37. The van der Waals surface area contributed by atoms with Crippen LogP contribution in [-0.4, -0.2) is 32.3 Å². The lowest BCUT2D eigenvalue weighted by molar-refractivity contribution is -0.116. The quantitative estimate of drug-likeness (QED) is 0.571. The predicted octanol–water partition coefficient (Wildman–Crippen LogP) is 3.80. The van der Waals surface area contributed by atoms with Crippen LogP contribution in [0.5, 0.6) is 5.75 Å². The van der Waals surface area contributed by atoms with Crippen LogP contribution in [0, 0.1) is 11.6 Å². The van der Waals surface area contributed by atoms with Gasteiger partial charge in [0.25, 0.3) is 0 Å². The Morgan fingerprint density at radius 2 is 1.68 bits per heavy atom. The van der Waals surface area contributed by atoms with Crippen LogP contribution in [0.2, 0.25) is 0 Å². The Balaban J connectivity index is 1.87. The molecule has 1 amide bonds. The van der Waals surface area contributed by atoms with Crippen LogP contribution in [-0.2, 0) is 21.4 Å². The number of hydrogen-bond donors (Lipinski definition) is 1. The minimum absolute atomic E-state index is 0.0232. The molecule has 3 rings (SSSR count). The van der Waals surface area contributed by atoms with Crippen LogP contribution in [0.3, 0.4) is 0 Å². The van der Waals surface area contributed by atoms with E-state index in [2.05, 4.69) is 5.32 Å². The Morgan fingerprint density at radius 3 is 2.29 bits per heavy atom. The first kappa shape index (κ1) is 22.4. The first-order valence-electron chi connectivity index (χ1n) is 9.22. The Morgan fingerprint density at radius 1 is 1.00 bits per heavy atom. The zero-order valence-electron chi connectivity index (χ0n) is 16.6. The van der Waals surface area contributed by atoms with E-state index in [9.17, 15) is 22.0 Å². The number of carbonyl (C=O) groups excluding carboxylic acids is 1. The van der Waals surface area contributed by atoms with Gasteiger partial charge in [-0.15, -0.1) is 0 Å². The number of anilines is 1. The van der Waals surface area contributed by atoms with Crippen molar-refractivity contribution < 1.29 is 26.7 Å². The molecule has 0 fully saturated rings. The average Bonchev–Trinajstić information content (AvgIpc) is 2.76. The minimum Gasteiger partial charge on any atom is -0.497 e. The molecule has 0 atom stereocenters. The van der Waals surface area contributed by atoms with E-state index < -0.39 is 34.1 Å². The van der Waals surface area contributed by atoms with Crippen molar-refractivity contribution in [1.29, 1.82) is 0 Å². The third-order valence-corrected chi connectivity index (χ3v) is 6.23. The van der Waals surface area contributed by atoms with Gasteiger partial charge >= 0.3 is 0 Å². The molecule has 6 nitrogen and oxygen atoms in total. The number of hydrogen-bond acceptors (Lipinski definition) is 4. The second-order valence-corrected chi connectivity index (χ2v) is 8.54. The number of methoxy groups -OCH3 is 1. The molecular formula is C22H20F2N2O4S. The molecule has 0 spiro atoms. The maximum atomic E-state index is 13.9. The first-order chi connectivity index (χ1) is 14.8. The van der Waals surface area contributed by atoms with Gasteiger partial charge in [-0.2, -0.15) is 4.31 Å². The van der Waals surface area contributed by atoms with Gasteiger partial charge in [-0.1, -0.05) is 30.3 Å². The fraction of sp³-hybridized carbons (Fsp3) is 0.136. The van der Waals surface area contributed by atoms with Crippen molar-refractivity contribution >= 4 is 21.6 Å². The number of ether oxygens (including phenoxy) is 1.